The third kappa shape index (κ3) is 3.18. The summed E-state index contributed by atoms with van der Waals surface area (Å²) in [5.74, 6) is 0.878. The van der Waals surface area contributed by atoms with Crippen molar-refractivity contribution in [1.82, 2.24) is 4.98 Å². The maximum atomic E-state index is 5.59. The maximum absolute atomic E-state index is 5.59. The van der Waals surface area contributed by atoms with Gasteiger partial charge in [-0.2, -0.15) is 0 Å². The molecule has 0 amide bonds. The number of rotatable bonds is 5. The largest absolute Gasteiger partial charge is 0.376 e. The van der Waals surface area contributed by atoms with Gasteiger partial charge in [0.15, 0.2) is 0 Å². The van der Waals surface area contributed by atoms with Crippen LogP contribution in [-0.4, -0.2) is 31.3 Å². The molecule has 4 nitrogen and oxygen atoms in total. The molecule has 0 bridgehead atoms. The van der Waals surface area contributed by atoms with Gasteiger partial charge in [-0.3, -0.25) is 0 Å². The molecule has 0 saturated carbocycles. The number of ether oxygens (including phenoxy) is 2. The quantitative estimate of drug-likeness (QED) is 0.825. The molecule has 0 radical (unpaired) electrons. The number of aromatic nitrogens is 1. The Hall–Kier alpha value is -1.13. The molecule has 0 aliphatic carbocycles. The Morgan fingerprint density at radius 2 is 2.50 bits per heavy atom. The molecule has 88 valence electrons. The van der Waals surface area contributed by atoms with Crippen molar-refractivity contribution in [2.75, 3.05) is 25.6 Å². The van der Waals surface area contributed by atoms with Crippen molar-refractivity contribution >= 4 is 5.82 Å². The van der Waals surface area contributed by atoms with Crippen molar-refractivity contribution in [3.8, 4) is 0 Å². The molecule has 1 aliphatic rings. The minimum Gasteiger partial charge on any atom is -0.376 e. The molecule has 1 aromatic rings. The first kappa shape index (κ1) is 11.4. The van der Waals surface area contributed by atoms with Gasteiger partial charge in [0.1, 0.15) is 5.82 Å². The van der Waals surface area contributed by atoms with Gasteiger partial charge in [-0.05, 0) is 24.5 Å². The van der Waals surface area contributed by atoms with Crippen molar-refractivity contribution in [2.45, 2.75) is 25.6 Å². The molecule has 4 heteroatoms. The lowest BCUT2D eigenvalue weighted by Gasteiger charge is -2.10. The monoisotopic (exact) mass is 222 g/mol. The van der Waals surface area contributed by atoms with Gasteiger partial charge < -0.3 is 14.8 Å². The predicted octanol–water partition coefficient (Wildman–Crippen LogP) is 1.82. The predicted molar refractivity (Wildman–Crippen MR) is 62.4 cm³/mol. The molecule has 0 spiro atoms. The number of hydrogen-bond acceptors (Lipinski definition) is 4. The second kappa shape index (κ2) is 5.82. The fraction of sp³-hybridized carbons (Fsp3) is 0.583. The van der Waals surface area contributed by atoms with E-state index in [1.165, 1.54) is 0 Å². The fourth-order valence-electron chi connectivity index (χ4n) is 1.74. The van der Waals surface area contributed by atoms with Gasteiger partial charge in [0, 0.05) is 19.9 Å². The molecular formula is C12H18N2O2. The summed E-state index contributed by atoms with van der Waals surface area (Å²) in [7, 11) is 1.86. The first-order valence-electron chi connectivity index (χ1n) is 5.70. The van der Waals surface area contributed by atoms with Crippen molar-refractivity contribution in [2.24, 2.45) is 0 Å². The summed E-state index contributed by atoms with van der Waals surface area (Å²) in [5, 5.41) is 2.98. The summed E-state index contributed by atoms with van der Waals surface area (Å²) < 4.78 is 11.1. The van der Waals surface area contributed by atoms with Gasteiger partial charge in [0.05, 0.1) is 19.3 Å². The highest BCUT2D eigenvalue weighted by Gasteiger charge is 2.15. The van der Waals surface area contributed by atoms with Crippen LogP contribution in [-0.2, 0) is 16.1 Å². The Morgan fingerprint density at radius 1 is 1.56 bits per heavy atom. The van der Waals surface area contributed by atoms with Crippen LogP contribution < -0.4 is 5.32 Å². The minimum atomic E-state index is 0.296. The third-order valence-corrected chi connectivity index (χ3v) is 2.68. The summed E-state index contributed by atoms with van der Waals surface area (Å²) in [6, 6.07) is 3.97. The normalized spacial score (nSPS) is 19.9. The van der Waals surface area contributed by atoms with Crippen LogP contribution in [0.4, 0.5) is 5.82 Å². The molecule has 1 unspecified atom stereocenters. The molecule has 0 aromatic carbocycles. The van der Waals surface area contributed by atoms with E-state index in [1.807, 2.05) is 25.4 Å². The van der Waals surface area contributed by atoms with Crippen LogP contribution in [0.15, 0.2) is 18.3 Å². The number of nitrogens with zero attached hydrogens (tertiary/aromatic N) is 1. The molecule has 16 heavy (non-hydrogen) atoms. The molecule has 1 fully saturated rings. The van der Waals surface area contributed by atoms with Crippen LogP contribution in [0.5, 0.6) is 0 Å². The average Bonchev–Trinajstić information content (AvgIpc) is 2.83. The van der Waals surface area contributed by atoms with Gasteiger partial charge in [-0.25, -0.2) is 4.98 Å². The zero-order valence-corrected chi connectivity index (χ0v) is 9.61. The first-order chi connectivity index (χ1) is 7.88. The highest BCUT2D eigenvalue weighted by molar-refractivity contribution is 5.34. The number of nitrogens with one attached hydrogen (secondary N) is 1. The molecule has 1 saturated heterocycles. The Kier molecular flexibility index (Phi) is 4.13. The van der Waals surface area contributed by atoms with E-state index < -0.39 is 0 Å². The summed E-state index contributed by atoms with van der Waals surface area (Å²) in [4.78, 5) is 4.23. The van der Waals surface area contributed by atoms with Crippen LogP contribution in [0, 0.1) is 0 Å². The topological polar surface area (TPSA) is 43.4 Å². The summed E-state index contributed by atoms with van der Waals surface area (Å²) in [5.41, 5.74) is 1.09. The smallest absolute Gasteiger partial charge is 0.125 e. The molecular weight excluding hydrogens is 204 g/mol. The van der Waals surface area contributed by atoms with E-state index in [2.05, 4.69) is 10.3 Å². The molecule has 1 atom stereocenters. The summed E-state index contributed by atoms with van der Waals surface area (Å²) in [6.45, 7) is 2.18. The van der Waals surface area contributed by atoms with Crippen molar-refractivity contribution in [3.05, 3.63) is 23.9 Å². The zero-order chi connectivity index (χ0) is 11.2. The Morgan fingerprint density at radius 3 is 3.12 bits per heavy atom. The average molecular weight is 222 g/mol. The standard InChI is InChI=1S/C12H18N2O2/c1-13-12-5-4-10(7-14-12)8-15-9-11-3-2-6-16-11/h4-5,7,11H,2-3,6,8-9H2,1H3,(H,13,14). The van der Waals surface area contributed by atoms with Crippen LogP contribution in [0.3, 0.4) is 0 Å². The van der Waals surface area contributed by atoms with E-state index in [0.717, 1.165) is 30.8 Å². The number of anilines is 1. The lowest BCUT2D eigenvalue weighted by atomic mass is 10.2. The van der Waals surface area contributed by atoms with E-state index in [1.54, 1.807) is 0 Å². The molecule has 1 aliphatic heterocycles. The Bertz CT molecular complexity index is 307. The van der Waals surface area contributed by atoms with Gasteiger partial charge >= 0.3 is 0 Å². The van der Waals surface area contributed by atoms with E-state index in [-0.39, 0.29) is 0 Å². The maximum Gasteiger partial charge on any atom is 0.125 e. The SMILES string of the molecule is CNc1ccc(COCC2CCCO2)cn1. The van der Waals surface area contributed by atoms with E-state index in [4.69, 9.17) is 9.47 Å². The van der Waals surface area contributed by atoms with Crippen LogP contribution in [0.25, 0.3) is 0 Å². The lowest BCUT2D eigenvalue weighted by molar-refractivity contribution is 0.0105. The third-order valence-electron chi connectivity index (χ3n) is 2.68. The van der Waals surface area contributed by atoms with Crippen LogP contribution in [0.2, 0.25) is 0 Å². The van der Waals surface area contributed by atoms with Gasteiger partial charge in [-0.15, -0.1) is 0 Å². The first-order valence-corrected chi connectivity index (χ1v) is 5.70. The second-order valence-corrected chi connectivity index (χ2v) is 3.95. The molecule has 1 aromatic heterocycles. The Balaban J connectivity index is 1.71. The van der Waals surface area contributed by atoms with Crippen molar-refractivity contribution < 1.29 is 9.47 Å². The summed E-state index contributed by atoms with van der Waals surface area (Å²) in [6.07, 6.45) is 4.41. The molecule has 2 heterocycles. The zero-order valence-electron chi connectivity index (χ0n) is 9.61. The van der Waals surface area contributed by atoms with Crippen LogP contribution >= 0.6 is 0 Å². The highest BCUT2D eigenvalue weighted by Crippen LogP contribution is 2.13. The summed E-state index contributed by atoms with van der Waals surface area (Å²) >= 11 is 0. The van der Waals surface area contributed by atoms with Gasteiger partial charge in [0.25, 0.3) is 0 Å². The van der Waals surface area contributed by atoms with Gasteiger partial charge in [0.2, 0.25) is 0 Å². The highest BCUT2D eigenvalue weighted by atomic mass is 16.5. The van der Waals surface area contributed by atoms with Crippen molar-refractivity contribution in [1.29, 1.82) is 0 Å². The number of hydrogen-bond donors (Lipinski definition) is 1. The fourth-order valence-corrected chi connectivity index (χ4v) is 1.74. The van der Waals surface area contributed by atoms with Crippen molar-refractivity contribution in [3.63, 3.8) is 0 Å². The van der Waals surface area contributed by atoms with Gasteiger partial charge in [-0.1, -0.05) is 6.07 Å². The van der Waals surface area contributed by atoms with E-state index >= 15 is 0 Å². The lowest BCUT2D eigenvalue weighted by Crippen LogP contribution is -2.13. The second-order valence-electron chi connectivity index (χ2n) is 3.95. The Labute approximate surface area is 96.0 Å². The number of pyridine rings is 1. The molecule has 1 N–H and O–H groups in total. The minimum absolute atomic E-state index is 0.296. The van der Waals surface area contributed by atoms with Crippen LogP contribution in [0.1, 0.15) is 18.4 Å². The molecule has 2 rings (SSSR count). The van der Waals surface area contributed by atoms with E-state index in [0.29, 0.717) is 19.3 Å². The van der Waals surface area contributed by atoms with E-state index in [9.17, 15) is 0 Å².